The van der Waals surface area contributed by atoms with E-state index >= 15 is 0 Å². The van der Waals surface area contributed by atoms with Gasteiger partial charge in [-0.1, -0.05) is 12.1 Å². The van der Waals surface area contributed by atoms with E-state index in [2.05, 4.69) is 0 Å². The number of carboxylic acid groups (broad SMARTS) is 1. The SMILES string of the molecule is O=C(c1ccccc1S(=O)(=O)N1CCOCC1)N1CCC(F)(C(=O)O)C1. The fraction of sp³-hybridized carbons (Fsp3) is 0.500. The van der Waals surface area contributed by atoms with Gasteiger partial charge in [-0.3, -0.25) is 4.79 Å². The molecule has 2 saturated heterocycles. The molecule has 26 heavy (non-hydrogen) atoms. The number of alkyl halides is 1. The second-order valence-corrected chi connectivity index (χ2v) is 8.17. The van der Waals surface area contributed by atoms with Crippen LogP contribution in [-0.4, -0.2) is 79.7 Å². The molecule has 2 fully saturated rings. The monoisotopic (exact) mass is 386 g/mol. The average molecular weight is 386 g/mol. The molecule has 0 aliphatic carbocycles. The highest BCUT2D eigenvalue weighted by atomic mass is 32.2. The molecule has 3 rings (SSSR count). The van der Waals surface area contributed by atoms with Gasteiger partial charge in [0.2, 0.25) is 15.7 Å². The van der Waals surface area contributed by atoms with Crippen LogP contribution in [0.1, 0.15) is 16.8 Å². The summed E-state index contributed by atoms with van der Waals surface area (Å²) in [6.07, 6.45) is -0.327. The highest BCUT2D eigenvalue weighted by molar-refractivity contribution is 7.89. The van der Waals surface area contributed by atoms with Gasteiger partial charge in [0, 0.05) is 26.1 Å². The van der Waals surface area contributed by atoms with Crippen molar-refractivity contribution in [2.45, 2.75) is 17.0 Å². The van der Waals surface area contributed by atoms with E-state index in [-0.39, 0.29) is 49.7 Å². The number of carbonyl (C=O) groups is 2. The Morgan fingerprint density at radius 2 is 1.81 bits per heavy atom. The van der Waals surface area contributed by atoms with E-state index in [9.17, 15) is 22.4 Å². The highest BCUT2D eigenvalue weighted by Crippen LogP contribution is 2.29. The van der Waals surface area contributed by atoms with Gasteiger partial charge in [0.1, 0.15) is 0 Å². The summed E-state index contributed by atoms with van der Waals surface area (Å²) in [7, 11) is -3.92. The Morgan fingerprint density at radius 3 is 2.42 bits per heavy atom. The van der Waals surface area contributed by atoms with Crippen LogP contribution in [0.15, 0.2) is 29.2 Å². The first-order valence-corrected chi connectivity index (χ1v) is 9.58. The van der Waals surface area contributed by atoms with E-state index < -0.39 is 34.1 Å². The molecule has 1 amide bonds. The molecule has 1 aromatic rings. The van der Waals surface area contributed by atoms with Crippen LogP contribution in [0, 0.1) is 0 Å². The lowest BCUT2D eigenvalue weighted by atomic mass is 10.1. The predicted molar refractivity (Wildman–Crippen MR) is 88.0 cm³/mol. The number of carboxylic acids is 1. The van der Waals surface area contributed by atoms with Crippen molar-refractivity contribution in [3.8, 4) is 0 Å². The first-order valence-electron chi connectivity index (χ1n) is 8.14. The normalized spacial score (nSPS) is 24.6. The number of hydrogen-bond acceptors (Lipinski definition) is 5. The number of halogens is 1. The van der Waals surface area contributed by atoms with Gasteiger partial charge in [-0.15, -0.1) is 0 Å². The van der Waals surface area contributed by atoms with Crippen LogP contribution in [0.3, 0.4) is 0 Å². The Kier molecular flexibility index (Phi) is 5.00. The second-order valence-electron chi connectivity index (χ2n) is 6.26. The van der Waals surface area contributed by atoms with Crippen LogP contribution >= 0.6 is 0 Å². The van der Waals surface area contributed by atoms with E-state index in [1.165, 1.54) is 28.6 Å². The Morgan fingerprint density at radius 1 is 1.15 bits per heavy atom. The number of morpholine rings is 1. The maximum absolute atomic E-state index is 14.3. The molecule has 1 N–H and O–H groups in total. The molecular formula is C16H19FN2O6S. The number of aliphatic carboxylic acids is 1. The van der Waals surface area contributed by atoms with Crippen LogP contribution in [0.5, 0.6) is 0 Å². The van der Waals surface area contributed by atoms with Crippen molar-refractivity contribution in [3.05, 3.63) is 29.8 Å². The number of sulfonamides is 1. The summed E-state index contributed by atoms with van der Waals surface area (Å²) in [5.74, 6) is -2.32. The average Bonchev–Trinajstić information content (AvgIpc) is 3.05. The summed E-state index contributed by atoms with van der Waals surface area (Å²) in [4.78, 5) is 24.7. The van der Waals surface area contributed by atoms with Crippen molar-refractivity contribution in [3.63, 3.8) is 0 Å². The first-order chi connectivity index (χ1) is 12.3. The lowest BCUT2D eigenvalue weighted by Crippen LogP contribution is -2.42. The van der Waals surface area contributed by atoms with Gasteiger partial charge in [-0.2, -0.15) is 4.31 Å². The van der Waals surface area contributed by atoms with E-state index in [1.54, 1.807) is 0 Å². The van der Waals surface area contributed by atoms with E-state index in [1.807, 2.05) is 0 Å². The maximum Gasteiger partial charge on any atom is 0.343 e. The minimum absolute atomic E-state index is 0.0892. The summed E-state index contributed by atoms with van der Waals surface area (Å²) in [5, 5.41) is 8.97. The van der Waals surface area contributed by atoms with Crippen LogP contribution in [0.25, 0.3) is 0 Å². The molecule has 142 valence electrons. The molecular weight excluding hydrogens is 367 g/mol. The lowest BCUT2D eigenvalue weighted by molar-refractivity contribution is -0.149. The van der Waals surface area contributed by atoms with Gasteiger partial charge in [-0.05, 0) is 12.1 Å². The quantitative estimate of drug-likeness (QED) is 0.801. The zero-order chi connectivity index (χ0) is 18.9. The minimum Gasteiger partial charge on any atom is -0.479 e. The molecule has 10 heteroatoms. The number of ether oxygens (including phenoxy) is 1. The standard InChI is InChI=1S/C16H19FN2O6S/c17-16(15(21)22)5-6-18(11-16)14(20)12-3-1-2-4-13(12)26(23,24)19-7-9-25-10-8-19/h1-4H,5-11H2,(H,21,22). The number of nitrogens with zero attached hydrogens (tertiary/aromatic N) is 2. The topological polar surface area (TPSA) is 104 Å². The summed E-state index contributed by atoms with van der Waals surface area (Å²) < 4.78 is 46.4. The van der Waals surface area contributed by atoms with Crippen molar-refractivity contribution in [2.75, 3.05) is 39.4 Å². The first kappa shape index (κ1) is 18.7. The number of benzene rings is 1. The third-order valence-electron chi connectivity index (χ3n) is 4.60. The van der Waals surface area contributed by atoms with Gasteiger partial charge in [-0.25, -0.2) is 17.6 Å². The third-order valence-corrected chi connectivity index (χ3v) is 6.55. The molecule has 2 heterocycles. The van der Waals surface area contributed by atoms with Crippen LogP contribution in [-0.2, 0) is 19.6 Å². The number of rotatable bonds is 4. The molecule has 0 spiro atoms. The lowest BCUT2D eigenvalue weighted by Gasteiger charge is -2.27. The Balaban J connectivity index is 1.90. The molecule has 1 aromatic carbocycles. The fourth-order valence-electron chi connectivity index (χ4n) is 3.09. The zero-order valence-electron chi connectivity index (χ0n) is 13.9. The minimum atomic E-state index is -3.92. The maximum atomic E-state index is 14.3. The zero-order valence-corrected chi connectivity index (χ0v) is 14.7. The summed E-state index contributed by atoms with van der Waals surface area (Å²) >= 11 is 0. The van der Waals surface area contributed by atoms with Crippen molar-refractivity contribution < 1.29 is 32.2 Å². The fourth-order valence-corrected chi connectivity index (χ4v) is 4.68. The smallest absolute Gasteiger partial charge is 0.343 e. The van der Waals surface area contributed by atoms with Gasteiger partial charge in [0.15, 0.2) is 0 Å². The number of amides is 1. The second kappa shape index (κ2) is 6.93. The van der Waals surface area contributed by atoms with E-state index in [0.717, 1.165) is 4.90 Å². The van der Waals surface area contributed by atoms with Crippen LogP contribution in [0.2, 0.25) is 0 Å². The Bertz CT molecular complexity index is 824. The molecule has 1 unspecified atom stereocenters. The van der Waals surface area contributed by atoms with E-state index in [0.29, 0.717) is 0 Å². The molecule has 0 radical (unpaired) electrons. The molecule has 2 aliphatic heterocycles. The summed E-state index contributed by atoms with van der Waals surface area (Å²) in [5.41, 5.74) is -2.60. The van der Waals surface area contributed by atoms with Gasteiger partial charge in [0.05, 0.1) is 30.2 Å². The van der Waals surface area contributed by atoms with Crippen molar-refractivity contribution in [1.29, 1.82) is 0 Å². The Hall–Kier alpha value is -2.04. The molecule has 1 atom stereocenters. The van der Waals surface area contributed by atoms with Crippen molar-refractivity contribution >= 4 is 21.9 Å². The predicted octanol–water partition coefficient (Wildman–Crippen LogP) is 0.346. The summed E-state index contributed by atoms with van der Waals surface area (Å²) in [6, 6.07) is 5.70. The summed E-state index contributed by atoms with van der Waals surface area (Å²) in [6.45, 7) is 0.206. The third kappa shape index (κ3) is 3.31. The van der Waals surface area contributed by atoms with E-state index in [4.69, 9.17) is 9.84 Å². The molecule has 8 nitrogen and oxygen atoms in total. The molecule has 0 saturated carbocycles. The highest BCUT2D eigenvalue weighted by Gasteiger charge is 2.47. The number of hydrogen-bond donors (Lipinski definition) is 1. The number of carbonyl (C=O) groups excluding carboxylic acids is 1. The molecule has 0 aromatic heterocycles. The molecule has 2 aliphatic rings. The van der Waals surface area contributed by atoms with Crippen molar-refractivity contribution in [1.82, 2.24) is 9.21 Å². The van der Waals surface area contributed by atoms with Crippen molar-refractivity contribution in [2.24, 2.45) is 0 Å². The largest absolute Gasteiger partial charge is 0.479 e. The van der Waals surface area contributed by atoms with Gasteiger partial charge >= 0.3 is 5.97 Å². The number of likely N-dealkylation sites (tertiary alicyclic amines) is 1. The van der Waals surface area contributed by atoms with Crippen LogP contribution in [0.4, 0.5) is 4.39 Å². The molecule has 0 bridgehead atoms. The Labute approximate surface area is 150 Å². The van der Waals surface area contributed by atoms with Crippen LogP contribution < -0.4 is 0 Å². The van der Waals surface area contributed by atoms with Gasteiger partial charge in [0.25, 0.3) is 5.91 Å². The van der Waals surface area contributed by atoms with Gasteiger partial charge < -0.3 is 14.7 Å².